The molecule has 0 bridgehead atoms. The van der Waals surface area contributed by atoms with Gasteiger partial charge in [0.2, 0.25) is 0 Å². The number of nitrogens with one attached hydrogen (secondary N) is 1. The van der Waals surface area contributed by atoms with Gasteiger partial charge in [0.1, 0.15) is 30.8 Å². The fraction of sp³-hybridized carbons (Fsp3) is 0.441. The number of ether oxygens (including phenoxy) is 3. The highest BCUT2D eigenvalue weighted by Gasteiger charge is 2.23. The van der Waals surface area contributed by atoms with E-state index in [1.807, 2.05) is 30.3 Å². The molecule has 4 rings (SSSR count). The standard InChI is InChI=1S/C34H42FN3O5/c1-41-33(39)32(37-34(40)43-25-26-9-3-2-4-10-26)20-22-38(23-24-42-30-18-15-28(35)16-19-30)21-8-7-12-29-17-14-27-11-5-6-13-31(27)36-29/h2-4,9-10,14-19,32H,5-8,11-13,20-25H2,1H3,(H,37,40)/t32-/m1/s1. The number of methoxy groups -OCH3 is 1. The molecule has 1 amide bonds. The number of halogens is 1. The molecule has 2 aromatic carbocycles. The van der Waals surface area contributed by atoms with Gasteiger partial charge in [0.15, 0.2) is 0 Å². The number of aryl methyl sites for hydroxylation is 3. The minimum absolute atomic E-state index is 0.104. The summed E-state index contributed by atoms with van der Waals surface area (Å²) < 4.78 is 29.4. The van der Waals surface area contributed by atoms with E-state index in [1.54, 1.807) is 12.1 Å². The number of unbranched alkanes of at least 4 members (excludes halogenated alkanes) is 1. The van der Waals surface area contributed by atoms with Crippen molar-refractivity contribution in [2.24, 2.45) is 0 Å². The van der Waals surface area contributed by atoms with Crippen molar-refractivity contribution in [3.05, 3.63) is 95.1 Å². The maximum absolute atomic E-state index is 13.3. The average Bonchev–Trinajstić information content (AvgIpc) is 3.04. The van der Waals surface area contributed by atoms with E-state index >= 15 is 0 Å². The molecule has 230 valence electrons. The smallest absolute Gasteiger partial charge is 0.408 e. The van der Waals surface area contributed by atoms with Crippen LogP contribution in [0.1, 0.15) is 54.6 Å². The van der Waals surface area contributed by atoms with Crippen molar-refractivity contribution in [2.45, 2.75) is 64.0 Å². The molecular formula is C34H42FN3O5. The summed E-state index contributed by atoms with van der Waals surface area (Å²) in [5, 5.41) is 2.66. The van der Waals surface area contributed by atoms with Gasteiger partial charge in [-0.1, -0.05) is 36.4 Å². The Morgan fingerprint density at radius 2 is 1.74 bits per heavy atom. The number of amides is 1. The van der Waals surface area contributed by atoms with Crippen LogP contribution in [0.5, 0.6) is 5.75 Å². The summed E-state index contributed by atoms with van der Waals surface area (Å²) in [5.41, 5.74) is 4.63. The predicted octanol–water partition coefficient (Wildman–Crippen LogP) is 5.66. The van der Waals surface area contributed by atoms with Gasteiger partial charge in [-0.3, -0.25) is 9.88 Å². The average molecular weight is 592 g/mol. The van der Waals surface area contributed by atoms with E-state index in [-0.39, 0.29) is 12.4 Å². The molecule has 1 aliphatic rings. The molecule has 0 radical (unpaired) electrons. The molecule has 0 saturated heterocycles. The van der Waals surface area contributed by atoms with Gasteiger partial charge in [-0.25, -0.2) is 14.0 Å². The number of carbonyl (C=O) groups is 2. The molecule has 3 aromatic rings. The van der Waals surface area contributed by atoms with Gasteiger partial charge in [0.05, 0.1) is 7.11 Å². The predicted molar refractivity (Wildman–Crippen MR) is 162 cm³/mol. The molecule has 1 aliphatic carbocycles. The van der Waals surface area contributed by atoms with Crippen LogP contribution in [0.4, 0.5) is 9.18 Å². The number of pyridine rings is 1. The summed E-state index contributed by atoms with van der Waals surface area (Å²) >= 11 is 0. The molecule has 43 heavy (non-hydrogen) atoms. The van der Waals surface area contributed by atoms with E-state index in [2.05, 4.69) is 22.3 Å². The molecule has 1 N–H and O–H groups in total. The fourth-order valence-electron chi connectivity index (χ4n) is 5.18. The SMILES string of the molecule is COC(=O)[C@@H](CCN(CCCCc1ccc2c(n1)CCCC2)CCOc1ccc(F)cc1)NC(=O)OCc1ccccc1. The summed E-state index contributed by atoms with van der Waals surface area (Å²) in [4.78, 5) is 32.1. The van der Waals surface area contributed by atoms with Gasteiger partial charge in [-0.2, -0.15) is 0 Å². The van der Waals surface area contributed by atoms with Crippen LogP contribution >= 0.6 is 0 Å². The number of rotatable bonds is 16. The number of carbonyl (C=O) groups excluding carboxylic acids is 2. The third kappa shape index (κ3) is 11.0. The van der Waals surface area contributed by atoms with Gasteiger partial charge in [0.25, 0.3) is 0 Å². The topological polar surface area (TPSA) is 90.0 Å². The highest BCUT2D eigenvalue weighted by molar-refractivity contribution is 5.81. The molecule has 0 aliphatic heterocycles. The summed E-state index contributed by atoms with van der Waals surface area (Å²) in [6.45, 7) is 2.41. The highest BCUT2D eigenvalue weighted by Crippen LogP contribution is 2.20. The third-order valence-electron chi connectivity index (χ3n) is 7.61. The summed E-state index contributed by atoms with van der Waals surface area (Å²) in [6.07, 6.45) is 7.15. The number of esters is 1. The largest absolute Gasteiger partial charge is 0.492 e. The Balaban J connectivity index is 1.29. The molecular weight excluding hydrogens is 549 g/mol. The Kier molecular flexibility index (Phi) is 12.8. The van der Waals surface area contributed by atoms with Crippen LogP contribution < -0.4 is 10.1 Å². The molecule has 0 saturated carbocycles. The monoisotopic (exact) mass is 591 g/mol. The quantitative estimate of drug-likeness (QED) is 0.170. The molecule has 8 nitrogen and oxygen atoms in total. The normalized spacial score (nSPS) is 13.2. The number of hydrogen-bond acceptors (Lipinski definition) is 7. The number of aromatic nitrogens is 1. The maximum atomic E-state index is 13.3. The maximum Gasteiger partial charge on any atom is 0.408 e. The third-order valence-corrected chi connectivity index (χ3v) is 7.61. The van der Waals surface area contributed by atoms with Crippen molar-refractivity contribution in [3.8, 4) is 5.75 Å². The second-order valence-electron chi connectivity index (χ2n) is 10.8. The second kappa shape index (κ2) is 17.2. The zero-order valence-corrected chi connectivity index (χ0v) is 24.9. The van der Waals surface area contributed by atoms with Gasteiger partial charge in [-0.15, -0.1) is 0 Å². The van der Waals surface area contributed by atoms with Crippen LogP contribution in [0, 0.1) is 5.82 Å². The van der Waals surface area contributed by atoms with Crippen LogP contribution in [-0.4, -0.2) is 61.3 Å². The summed E-state index contributed by atoms with van der Waals surface area (Å²) in [6, 6.07) is 18.8. The minimum atomic E-state index is -0.853. The first-order valence-electron chi connectivity index (χ1n) is 15.1. The molecule has 0 spiro atoms. The van der Waals surface area contributed by atoms with E-state index in [0.29, 0.717) is 31.9 Å². The van der Waals surface area contributed by atoms with Gasteiger partial charge in [-0.05, 0) is 99.4 Å². The number of fused-ring (bicyclic) bond motifs is 1. The number of nitrogens with zero attached hydrogens (tertiary/aromatic N) is 2. The number of benzene rings is 2. The Labute approximate surface area is 253 Å². The van der Waals surface area contributed by atoms with E-state index in [9.17, 15) is 14.0 Å². The lowest BCUT2D eigenvalue weighted by Gasteiger charge is -2.25. The van der Waals surface area contributed by atoms with Crippen molar-refractivity contribution >= 4 is 12.1 Å². The van der Waals surface area contributed by atoms with Crippen molar-refractivity contribution < 1.29 is 28.2 Å². The molecule has 1 atom stereocenters. The van der Waals surface area contributed by atoms with Crippen molar-refractivity contribution in [1.82, 2.24) is 15.2 Å². The molecule has 9 heteroatoms. The summed E-state index contributed by atoms with van der Waals surface area (Å²) in [7, 11) is 1.30. The van der Waals surface area contributed by atoms with Crippen molar-refractivity contribution in [1.29, 1.82) is 0 Å². The van der Waals surface area contributed by atoms with Gasteiger partial charge >= 0.3 is 12.1 Å². The molecule has 1 heterocycles. The van der Waals surface area contributed by atoms with Crippen LogP contribution in [0.25, 0.3) is 0 Å². The lowest BCUT2D eigenvalue weighted by atomic mass is 9.95. The minimum Gasteiger partial charge on any atom is -0.492 e. The second-order valence-corrected chi connectivity index (χ2v) is 10.8. The summed E-state index contributed by atoms with van der Waals surface area (Å²) in [5.74, 6) is -0.251. The lowest BCUT2D eigenvalue weighted by molar-refractivity contribution is -0.143. The zero-order chi connectivity index (χ0) is 30.3. The van der Waals surface area contributed by atoms with E-state index in [1.165, 1.54) is 43.3 Å². The number of alkyl carbamates (subject to hydrolysis) is 1. The van der Waals surface area contributed by atoms with Crippen molar-refractivity contribution in [2.75, 3.05) is 33.4 Å². The Hall–Kier alpha value is -3.98. The van der Waals surface area contributed by atoms with Crippen molar-refractivity contribution in [3.63, 3.8) is 0 Å². The van der Waals surface area contributed by atoms with Gasteiger partial charge in [0, 0.05) is 24.5 Å². The molecule has 0 unspecified atom stereocenters. The highest BCUT2D eigenvalue weighted by atomic mass is 19.1. The van der Waals surface area contributed by atoms with Crippen LogP contribution in [-0.2, 0) is 40.1 Å². The molecule has 0 fully saturated rings. The van der Waals surface area contributed by atoms with E-state index in [4.69, 9.17) is 19.2 Å². The van der Waals surface area contributed by atoms with Crippen LogP contribution in [0.2, 0.25) is 0 Å². The Morgan fingerprint density at radius 3 is 2.53 bits per heavy atom. The fourth-order valence-corrected chi connectivity index (χ4v) is 5.18. The van der Waals surface area contributed by atoms with Gasteiger partial charge < -0.3 is 19.5 Å². The number of hydrogen-bond donors (Lipinski definition) is 1. The van der Waals surface area contributed by atoms with Crippen LogP contribution in [0.3, 0.4) is 0 Å². The lowest BCUT2D eigenvalue weighted by Crippen LogP contribution is -2.44. The first-order chi connectivity index (χ1) is 21.0. The zero-order valence-electron chi connectivity index (χ0n) is 24.9. The van der Waals surface area contributed by atoms with E-state index < -0.39 is 18.1 Å². The Bertz CT molecular complexity index is 1290. The van der Waals surface area contributed by atoms with Crippen LogP contribution in [0.15, 0.2) is 66.7 Å². The molecule has 1 aromatic heterocycles. The first kappa shape index (κ1) is 31.9. The Morgan fingerprint density at radius 1 is 0.953 bits per heavy atom. The first-order valence-corrected chi connectivity index (χ1v) is 15.1. The van der Waals surface area contributed by atoms with E-state index in [0.717, 1.165) is 49.9 Å².